The van der Waals surface area contributed by atoms with E-state index in [9.17, 15) is 9.59 Å². The second kappa shape index (κ2) is 9.67. The molecule has 1 aromatic carbocycles. The van der Waals surface area contributed by atoms with Crippen molar-refractivity contribution in [2.24, 2.45) is 0 Å². The van der Waals surface area contributed by atoms with E-state index in [2.05, 4.69) is 21.2 Å². The van der Waals surface area contributed by atoms with Gasteiger partial charge in [0.05, 0.1) is 12.6 Å². The summed E-state index contributed by atoms with van der Waals surface area (Å²) in [7, 11) is 0. The van der Waals surface area contributed by atoms with Crippen LogP contribution in [-0.4, -0.2) is 24.3 Å². The second-order valence-electron chi connectivity index (χ2n) is 6.45. The van der Waals surface area contributed by atoms with Crippen LogP contribution in [0, 0.1) is 0 Å². The van der Waals surface area contributed by atoms with Gasteiger partial charge in [-0.1, -0.05) is 28.1 Å². The molecule has 134 valence electrons. The Morgan fingerprint density at radius 2 is 2.00 bits per heavy atom. The maximum absolute atomic E-state index is 12.1. The Balaban J connectivity index is 2.73. The number of alkyl carbamates (subject to hydrolysis) is 1. The highest BCUT2D eigenvalue weighted by Gasteiger charge is 2.21. The van der Waals surface area contributed by atoms with Gasteiger partial charge in [-0.15, -0.1) is 0 Å². The fourth-order valence-corrected chi connectivity index (χ4v) is 2.60. The summed E-state index contributed by atoms with van der Waals surface area (Å²) in [4.78, 5) is 23.6. The molecule has 1 N–H and O–H groups in total. The zero-order valence-corrected chi connectivity index (χ0v) is 16.3. The Morgan fingerprint density at radius 3 is 2.58 bits per heavy atom. The number of hydrogen-bond donors (Lipinski definition) is 1. The minimum absolute atomic E-state index is 0.220. The highest BCUT2D eigenvalue weighted by Crippen LogP contribution is 2.23. The van der Waals surface area contributed by atoms with Crippen molar-refractivity contribution < 1.29 is 19.1 Å². The van der Waals surface area contributed by atoms with Crippen LogP contribution in [-0.2, 0) is 14.3 Å². The molecule has 0 spiro atoms. The first kappa shape index (κ1) is 20.5. The van der Waals surface area contributed by atoms with E-state index in [1.54, 1.807) is 6.92 Å². The minimum Gasteiger partial charge on any atom is -0.466 e. The third kappa shape index (κ3) is 8.34. The quantitative estimate of drug-likeness (QED) is 0.671. The molecule has 0 radical (unpaired) electrons. The average Bonchev–Trinajstić information content (AvgIpc) is 2.44. The predicted molar refractivity (Wildman–Crippen MR) is 96.7 cm³/mol. The number of carbonyl (C=O) groups excluding carboxylic acids is 2. The predicted octanol–water partition coefficient (Wildman–Crippen LogP) is 4.75. The summed E-state index contributed by atoms with van der Waals surface area (Å²) in [5, 5.41) is 2.89. The molecule has 0 saturated heterocycles. The van der Waals surface area contributed by atoms with Crippen LogP contribution in [0.2, 0.25) is 0 Å². The number of esters is 1. The van der Waals surface area contributed by atoms with Crippen LogP contribution in [0.25, 0.3) is 0 Å². The third-order valence-electron chi connectivity index (χ3n) is 3.12. The molecule has 0 aromatic heterocycles. The van der Waals surface area contributed by atoms with Crippen LogP contribution < -0.4 is 5.32 Å². The maximum Gasteiger partial charge on any atom is 0.408 e. The van der Waals surface area contributed by atoms with E-state index in [0.717, 1.165) is 10.0 Å². The summed E-state index contributed by atoms with van der Waals surface area (Å²) < 4.78 is 11.2. The van der Waals surface area contributed by atoms with E-state index in [4.69, 9.17) is 9.47 Å². The van der Waals surface area contributed by atoms with Crippen molar-refractivity contribution >= 4 is 28.0 Å². The molecule has 1 amide bonds. The van der Waals surface area contributed by atoms with Crippen molar-refractivity contribution in [2.75, 3.05) is 6.61 Å². The first-order chi connectivity index (χ1) is 11.2. The van der Waals surface area contributed by atoms with Crippen molar-refractivity contribution in [1.29, 1.82) is 0 Å². The van der Waals surface area contributed by atoms with E-state index in [1.807, 2.05) is 45.0 Å². The minimum atomic E-state index is -0.559. The van der Waals surface area contributed by atoms with E-state index in [0.29, 0.717) is 25.9 Å². The van der Waals surface area contributed by atoms with Crippen molar-refractivity contribution in [3.63, 3.8) is 0 Å². The Bertz CT molecular complexity index is 554. The lowest BCUT2D eigenvalue weighted by molar-refractivity contribution is -0.143. The van der Waals surface area contributed by atoms with E-state index in [-0.39, 0.29) is 12.0 Å². The lowest BCUT2D eigenvalue weighted by Crippen LogP contribution is -2.35. The smallest absolute Gasteiger partial charge is 0.408 e. The normalized spacial score (nSPS) is 12.4. The van der Waals surface area contributed by atoms with Gasteiger partial charge in [0, 0.05) is 10.9 Å². The molecule has 0 heterocycles. The second-order valence-corrected chi connectivity index (χ2v) is 7.37. The number of ether oxygens (including phenoxy) is 2. The van der Waals surface area contributed by atoms with Crippen LogP contribution in [0.3, 0.4) is 0 Å². The first-order valence-electron chi connectivity index (χ1n) is 8.12. The average molecular weight is 400 g/mol. The van der Waals surface area contributed by atoms with Crippen molar-refractivity contribution in [2.45, 2.75) is 58.6 Å². The molecular weight excluding hydrogens is 374 g/mol. The van der Waals surface area contributed by atoms with Crippen LogP contribution >= 0.6 is 15.9 Å². The van der Waals surface area contributed by atoms with Crippen molar-refractivity contribution in [1.82, 2.24) is 5.32 Å². The van der Waals surface area contributed by atoms with Gasteiger partial charge in [0.25, 0.3) is 0 Å². The number of carbonyl (C=O) groups is 2. The van der Waals surface area contributed by atoms with E-state index >= 15 is 0 Å². The van der Waals surface area contributed by atoms with Crippen LogP contribution in [0.15, 0.2) is 28.7 Å². The van der Waals surface area contributed by atoms with Gasteiger partial charge in [-0.05, 0) is 58.2 Å². The SMILES string of the molecule is CCOC(=O)CCCC(NC(=O)OC(C)(C)C)c1cccc(Br)c1. The molecule has 1 aromatic rings. The zero-order chi connectivity index (χ0) is 18.2. The lowest BCUT2D eigenvalue weighted by Gasteiger charge is -2.24. The zero-order valence-electron chi connectivity index (χ0n) is 14.7. The van der Waals surface area contributed by atoms with E-state index < -0.39 is 11.7 Å². The Kier molecular flexibility index (Phi) is 8.25. The summed E-state index contributed by atoms with van der Waals surface area (Å²) in [6.07, 6.45) is 1.10. The molecule has 1 rings (SSSR count). The summed E-state index contributed by atoms with van der Waals surface area (Å²) in [5.74, 6) is -0.220. The molecule has 24 heavy (non-hydrogen) atoms. The van der Waals surface area contributed by atoms with Gasteiger partial charge in [0.2, 0.25) is 0 Å². The number of nitrogens with one attached hydrogen (secondary N) is 1. The maximum atomic E-state index is 12.1. The van der Waals surface area contributed by atoms with Gasteiger partial charge in [-0.25, -0.2) is 4.79 Å². The standard InChI is InChI=1S/C18H26BrNO4/c1-5-23-16(21)11-7-10-15(13-8-6-9-14(19)12-13)20-17(22)24-18(2,3)4/h6,8-9,12,15H,5,7,10-11H2,1-4H3,(H,20,22). The first-order valence-corrected chi connectivity index (χ1v) is 8.91. The molecule has 0 aliphatic rings. The Hall–Kier alpha value is -1.56. The molecule has 0 aliphatic carbocycles. The number of hydrogen-bond acceptors (Lipinski definition) is 4. The highest BCUT2D eigenvalue weighted by molar-refractivity contribution is 9.10. The molecule has 1 atom stereocenters. The largest absolute Gasteiger partial charge is 0.466 e. The third-order valence-corrected chi connectivity index (χ3v) is 3.61. The van der Waals surface area contributed by atoms with Gasteiger partial charge >= 0.3 is 12.1 Å². The Morgan fingerprint density at radius 1 is 1.29 bits per heavy atom. The molecule has 0 bridgehead atoms. The summed E-state index contributed by atoms with van der Waals surface area (Å²) in [5.41, 5.74) is 0.399. The fourth-order valence-electron chi connectivity index (χ4n) is 2.18. The monoisotopic (exact) mass is 399 g/mol. The molecule has 6 heteroatoms. The number of amides is 1. The molecule has 0 aliphatic heterocycles. The van der Waals surface area contributed by atoms with Crippen molar-refractivity contribution in [3.8, 4) is 0 Å². The molecule has 5 nitrogen and oxygen atoms in total. The van der Waals surface area contributed by atoms with E-state index in [1.165, 1.54) is 0 Å². The number of benzene rings is 1. The lowest BCUT2D eigenvalue weighted by atomic mass is 10.0. The fraction of sp³-hybridized carbons (Fsp3) is 0.556. The van der Waals surface area contributed by atoms with Gasteiger partial charge < -0.3 is 14.8 Å². The van der Waals surface area contributed by atoms with Gasteiger partial charge in [-0.3, -0.25) is 4.79 Å². The van der Waals surface area contributed by atoms with Crippen molar-refractivity contribution in [3.05, 3.63) is 34.3 Å². The summed E-state index contributed by atoms with van der Waals surface area (Å²) in [6.45, 7) is 7.63. The Labute approximate surface area is 152 Å². The molecule has 0 fully saturated rings. The molecule has 1 unspecified atom stereocenters. The molecule has 0 saturated carbocycles. The van der Waals surface area contributed by atoms with Crippen LogP contribution in [0.1, 0.15) is 58.6 Å². The van der Waals surface area contributed by atoms with Crippen LogP contribution in [0.4, 0.5) is 4.79 Å². The van der Waals surface area contributed by atoms with Crippen LogP contribution in [0.5, 0.6) is 0 Å². The topological polar surface area (TPSA) is 64.6 Å². The summed E-state index contributed by atoms with van der Waals surface area (Å²) in [6, 6.07) is 7.50. The molecular formula is C18H26BrNO4. The van der Waals surface area contributed by atoms with Gasteiger partial charge in [0.1, 0.15) is 5.60 Å². The highest BCUT2D eigenvalue weighted by atomic mass is 79.9. The van der Waals surface area contributed by atoms with Gasteiger partial charge in [0.15, 0.2) is 0 Å². The number of halogens is 1. The number of rotatable bonds is 7. The summed E-state index contributed by atoms with van der Waals surface area (Å²) >= 11 is 3.44. The van der Waals surface area contributed by atoms with Gasteiger partial charge in [-0.2, -0.15) is 0 Å².